The van der Waals surface area contributed by atoms with E-state index in [1.807, 2.05) is 29.2 Å². The maximum absolute atomic E-state index is 12.7. The SMILES string of the molecule is O=C1Nc2ccccc2S[C@H]1CC(=O)N1CC[C@H]2CCCC[C@@H]2C1. The number of hydrogen-bond acceptors (Lipinski definition) is 3. The Hall–Kier alpha value is -1.49. The number of anilines is 1. The number of carbonyl (C=O) groups is 2. The summed E-state index contributed by atoms with van der Waals surface area (Å²) in [5.41, 5.74) is 0.860. The van der Waals surface area contributed by atoms with Crippen molar-refractivity contribution >= 4 is 29.3 Å². The molecule has 2 fully saturated rings. The molecule has 5 heteroatoms. The highest BCUT2D eigenvalue weighted by Crippen LogP contribution is 2.38. The third-order valence-corrected chi connectivity index (χ3v) is 6.99. The van der Waals surface area contributed by atoms with Crippen molar-refractivity contribution in [1.82, 2.24) is 4.90 Å². The molecule has 0 bridgehead atoms. The first-order valence-corrected chi connectivity index (χ1v) is 9.93. The first kappa shape index (κ1) is 16.0. The molecule has 4 nitrogen and oxygen atoms in total. The van der Waals surface area contributed by atoms with Gasteiger partial charge >= 0.3 is 0 Å². The fourth-order valence-corrected chi connectivity index (χ4v) is 5.44. The zero-order chi connectivity index (χ0) is 16.5. The van der Waals surface area contributed by atoms with Crippen molar-refractivity contribution in [3.8, 4) is 0 Å². The zero-order valence-electron chi connectivity index (χ0n) is 13.9. The Kier molecular flexibility index (Phi) is 4.53. The van der Waals surface area contributed by atoms with Gasteiger partial charge in [-0.2, -0.15) is 0 Å². The Bertz CT molecular complexity index is 648. The van der Waals surface area contributed by atoms with E-state index in [9.17, 15) is 9.59 Å². The number of benzene rings is 1. The molecule has 0 radical (unpaired) electrons. The topological polar surface area (TPSA) is 49.4 Å². The van der Waals surface area contributed by atoms with Crippen LogP contribution in [-0.2, 0) is 9.59 Å². The molecule has 3 atom stereocenters. The number of para-hydroxylation sites is 1. The standard InChI is InChI=1S/C19H24N2O2S/c22-18(21-10-9-13-5-1-2-6-14(13)12-21)11-17-19(23)20-15-7-3-4-8-16(15)24-17/h3-4,7-8,13-14,17H,1-2,5-6,9-12H2,(H,20,23)/t13-,14-,17+/m1/s1. The van der Waals surface area contributed by atoms with Gasteiger partial charge in [-0.15, -0.1) is 11.8 Å². The molecule has 4 rings (SSSR count). The molecule has 3 aliphatic rings. The molecule has 128 valence electrons. The minimum atomic E-state index is -0.309. The summed E-state index contributed by atoms with van der Waals surface area (Å²) >= 11 is 1.52. The van der Waals surface area contributed by atoms with Gasteiger partial charge in [-0.05, 0) is 36.8 Å². The molecule has 2 aliphatic heterocycles. The van der Waals surface area contributed by atoms with Gasteiger partial charge in [-0.1, -0.05) is 31.4 Å². The third kappa shape index (κ3) is 3.18. The van der Waals surface area contributed by atoms with Crippen LogP contribution in [0.4, 0.5) is 5.69 Å². The summed E-state index contributed by atoms with van der Waals surface area (Å²) in [6.45, 7) is 1.77. The monoisotopic (exact) mass is 344 g/mol. The quantitative estimate of drug-likeness (QED) is 0.893. The van der Waals surface area contributed by atoms with Gasteiger partial charge < -0.3 is 10.2 Å². The number of fused-ring (bicyclic) bond motifs is 2. The van der Waals surface area contributed by atoms with Gasteiger partial charge in [0.25, 0.3) is 0 Å². The van der Waals surface area contributed by atoms with Crippen LogP contribution < -0.4 is 5.32 Å². The first-order valence-electron chi connectivity index (χ1n) is 9.05. The van der Waals surface area contributed by atoms with E-state index in [0.29, 0.717) is 12.3 Å². The lowest BCUT2D eigenvalue weighted by atomic mass is 9.75. The van der Waals surface area contributed by atoms with E-state index in [-0.39, 0.29) is 17.1 Å². The number of nitrogens with one attached hydrogen (secondary N) is 1. The lowest BCUT2D eigenvalue weighted by Gasteiger charge is -2.41. The highest BCUT2D eigenvalue weighted by molar-refractivity contribution is 8.01. The van der Waals surface area contributed by atoms with Crippen molar-refractivity contribution in [3.63, 3.8) is 0 Å². The number of thioether (sulfide) groups is 1. The maximum atomic E-state index is 12.7. The van der Waals surface area contributed by atoms with Gasteiger partial charge in [0.2, 0.25) is 11.8 Å². The number of rotatable bonds is 2. The second-order valence-corrected chi connectivity index (χ2v) is 8.47. The lowest BCUT2D eigenvalue weighted by Crippen LogP contribution is -2.46. The summed E-state index contributed by atoms with van der Waals surface area (Å²) in [5, 5.41) is 2.62. The van der Waals surface area contributed by atoms with Crippen LogP contribution in [0.15, 0.2) is 29.2 Å². The molecule has 0 unspecified atom stereocenters. The molecule has 0 spiro atoms. The number of piperidine rings is 1. The predicted octanol–water partition coefficient (Wildman–Crippen LogP) is 3.53. The van der Waals surface area contributed by atoms with E-state index in [4.69, 9.17) is 0 Å². The van der Waals surface area contributed by atoms with Gasteiger partial charge in [0.15, 0.2) is 0 Å². The van der Waals surface area contributed by atoms with Gasteiger partial charge in [-0.3, -0.25) is 9.59 Å². The average Bonchev–Trinajstić information content (AvgIpc) is 2.62. The van der Waals surface area contributed by atoms with Crippen LogP contribution in [0, 0.1) is 11.8 Å². The van der Waals surface area contributed by atoms with Gasteiger partial charge in [0, 0.05) is 24.4 Å². The van der Waals surface area contributed by atoms with E-state index in [1.54, 1.807) is 0 Å². The Morgan fingerprint density at radius 3 is 2.83 bits per heavy atom. The first-order chi connectivity index (χ1) is 11.7. The predicted molar refractivity (Wildman–Crippen MR) is 96.0 cm³/mol. The minimum Gasteiger partial charge on any atom is -0.342 e. The molecule has 2 heterocycles. The number of nitrogens with zero attached hydrogens (tertiary/aromatic N) is 1. The van der Waals surface area contributed by atoms with Gasteiger partial charge in [0.05, 0.1) is 10.9 Å². The van der Waals surface area contributed by atoms with E-state index in [1.165, 1.54) is 37.4 Å². The molecular weight excluding hydrogens is 320 g/mol. The normalized spacial score (nSPS) is 29.4. The van der Waals surface area contributed by atoms with Crippen molar-refractivity contribution in [2.45, 2.75) is 48.7 Å². The summed E-state index contributed by atoms with van der Waals surface area (Å²) in [6, 6.07) is 7.80. The van der Waals surface area contributed by atoms with Crippen molar-refractivity contribution in [3.05, 3.63) is 24.3 Å². The molecule has 1 N–H and O–H groups in total. The van der Waals surface area contributed by atoms with Crippen LogP contribution in [0.25, 0.3) is 0 Å². The second-order valence-electron chi connectivity index (χ2n) is 7.23. The second kappa shape index (κ2) is 6.79. The van der Waals surface area contributed by atoms with Crippen molar-refractivity contribution in [2.24, 2.45) is 11.8 Å². The van der Waals surface area contributed by atoms with E-state index >= 15 is 0 Å². The number of likely N-dealkylation sites (tertiary alicyclic amines) is 1. The molecule has 1 saturated carbocycles. The zero-order valence-corrected chi connectivity index (χ0v) is 14.7. The van der Waals surface area contributed by atoms with Crippen LogP contribution in [0.2, 0.25) is 0 Å². The Balaban J connectivity index is 1.38. The van der Waals surface area contributed by atoms with E-state index in [0.717, 1.165) is 36.0 Å². The summed E-state index contributed by atoms with van der Waals surface area (Å²) in [7, 11) is 0. The molecule has 2 amide bonds. The molecular formula is C19H24N2O2S. The Labute approximate surface area is 147 Å². The third-order valence-electron chi connectivity index (χ3n) is 5.71. The minimum absolute atomic E-state index is 0.0420. The molecule has 1 aromatic rings. The number of hydrogen-bond donors (Lipinski definition) is 1. The fraction of sp³-hybridized carbons (Fsp3) is 0.579. The number of carbonyl (C=O) groups excluding carboxylic acids is 2. The van der Waals surface area contributed by atoms with E-state index < -0.39 is 0 Å². The largest absolute Gasteiger partial charge is 0.342 e. The Morgan fingerprint density at radius 2 is 1.96 bits per heavy atom. The summed E-state index contributed by atoms with van der Waals surface area (Å²) in [5.74, 6) is 1.61. The van der Waals surface area contributed by atoms with Gasteiger partial charge in [-0.25, -0.2) is 0 Å². The average molecular weight is 344 g/mol. The molecule has 1 aromatic carbocycles. The summed E-state index contributed by atoms with van der Waals surface area (Å²) in [6.07, 6.45) is 6.71. The summed E-state index contributed by atoms with van der Waals surface area (Å²) in [4.78, 5) is 28.1. The van der Waals surface area contributed by atoms with Crippen LogP contribution in [0.3, 0.4) is 0 Å². The van der Waals surface area contributed by atoms with Gasteiger partial charge in [0.1, 0.15) is 0 Å². The van der Waals surface area contributed by atoms with Crippen molar-refractivity contribution in [2.75, 3.05) is 18.4 Å². The highest BCUT2D eigenvalue weighted by Gasteiger charge is 2.35. The Morgan fingerprint density at radius 1 is 1.17 bits per heavy atom. The lowest BCUT2D eigenvalue weighted by molar-refractivity contribution is -0.135. The van der Waals surface area contributed by atoms with Crippen LogP contribution >= 0.6 is 11.8 Å². The molecule has 0 aromatic heterocycles. The highest BCUT2D eigenvalue weighted by atomic mass is 32.2. The van der Waals surface area contributed by atoms with Crippen LogP contribution in [0.1, 0.15) is 38.5 Å². The molecule has 1 aliphatic carbocycles. The van der Waals surface area contributed by atoms with E-state index in [2.05, 4.69) is 5.32 Å². The van der Waals surface area contributed by atoms with Crippen molar-refractivity contribution in [1.29, 1.82) is 0 Å². The fourth-order valence-electron chi connectivity index (χ4n) is 4.34. The van der Waals surface area contributed by atoms with Crippen LogP contribution in [-0.4, -0.2) is 35.1 Å². The molecule has 24 heavy (non-hydrogen) atoms. The summed E-state index contributed by atoms with van der Waals surface area (Å²) < 4.78 is 0. The molecule has 1 saturated heterocycles. The van der Waals surface area contributed by atoms with Crippen molar-refractivity contribution < 1.29 is 9.59 Å². The number of amides is 2. The smallest absolute Gasteiger partial charge is 0.238 e. The maximum Gasteiger partial charge on any atom is 0.238 e. The van der Waals surface area contributed by atoms with Crippen LogP contribution in [0.5, 0.6) is 0 Å².